The third-order valence-corrected chi connectivity index (χ3v) is 4.30. The third kappa shape index (κ3) is 5.38. The van der Waals surface area contributed by atoms with Crippen LogP contribution in [0.4, 0.5) is 5.82 Å². The van der Waals surface area contributed by atoms with Gasteiger partial charge in [-0.1, -0.05) is 67.9 Å². The Balaban J connectivity index is 1.80. The highest BCUT2D eigenvalue weighted by molar-refractivity contribution is 6.30. The fourth-order valence-corrected chi connectivity index (χ4v) is 2.90. The molecule has 0 aliphatic rings. The van der Waals surface area contributed by atoms with Gasteiger partial charge in [-0.05, 0) is 30.0 Å². The number of rotatable bonds is 6. The summed E-state index contributed by atoms with van der Waals surface area (Å²) >= 11 is 5.89. The van der Waals surface area contributed by atoms with E-state index in [2.05, 4.69) is 24.1 Å². The number of benzene rings is 2. The molecule has 0 radical (unpaired) electrons. The molecule has 0 saturated heterocycles. The molecule has 3 rings (SSSR count). The Bertz CT molecular complexity index is 909. The molecule has 0 aliphatic carbocycles. The van der Waals surface area contributed by atoms with E-state index in [-0.39, 0.29) is 12.3 Å². The van der Waals surface area contributed by atoms with Crippen LogP contribution in [-0.2, 0) is 17.6 Å². The monoisotopic (exact) mass is 379 g/mol. The molecule has 138 valence electrons. The lowest BCUT2D eigenvalue weighted by Crippen LogP contribution is -2.18. The Kier molecular flexibility index (Phi) is 6.20. The van der Waals surface area contributed by atoms with Crippen LogP contribution in [0.1, 0.15) is 25.1 Å². The number of nitrogens with one attached hydrogen (secondary N) is 1. The standard InChI is InChI=1S/C22H22ClN3O/c1-15(2)12-19-22(24-14-20(25-19)17-6-4-3-5-7-17)26-21(27)13-16-8-10-18(23)11-9-16/h3-11,14-15H,12-13H2,1-2H3,(H,24,26,27). The SMILES string of the molecule is CC(C)Cc1nc(-c2ccccc2)cnc1NC(=O)Cc1ccc(Cl)cc1. The van der Waals surface area contributed by atoms with Crippen LogP contribution in [0.3, 0.4) is 0 Å². The molecule has 0 fully saturated rings. The van der Waals surface area contributed by atoms with Crippen molar-refractivity contribution in [3.63, 3.8) is 0 Å². The van der Waals surface area contributed by atoms with E-state index >= 15 is 0 Å². The van der Waals surface area contributed by atoms with Crippen molar-refractivity contribution in [2.24, 2.45) is 5.92 Å². The average molecular weight is 380 g/mol. The molecule has 0 spiro atoms. The van der Waals surface area contributed by atoms with E-state index in [0.29, 0.717) is 16.8 Å². The first-order chi connectivity index (χ1) is 13.0. The summed E-state index contributed by atoms with van der Waals surface area (Å²) in [4.78, 5) is 21.7. The minimum absolute atomic E-state index is 0.121. The van der Waals surface area contributed by atoms with E-state index < -0.39 is 0 Å². The summed E-state index contributed by atoms with van der Waals surface area (Å²) < 4.78 is 0. The molecular weight excluding hydrogens is 358 g/mol. The highest BCUT2D eigenvalue weighted by Gasteiger charge is 2.14. The van der Waals surface area contributed by atoms with Crippen molar-refractivity contribution in [3.8, 4) is 11.3 Å². The largest absolute Gasteiger partial charge is 0.309 e. The van der Waals surface area contributed by atoms with E-state index in [4.69, 9.17) is 16.6 Å². The Labute approximate surface area is 164 Å². The van der Waals surface area contributed by atoms with Gasteiger partial charge in [-0.3, -0.25) is 4.79 Å². The molecule has 0 saturated carbocycles. The van der Waals surface area contributed by atoms with Crippen molar-refractivity contribution >= 4 is 23.3 Å². The predicted molar refractivity (Wildman–Crippen MR) is 110 cm³/mol. The first-order valence-corrected chi connectivity index (χ1v) is 9.34. The zero-order valence-corrected chi connectivity index (χ0v) is 16.2. The molecule has 1 amide bonds. The van der Waals surface area contributed by atoms with E-state index in [0.717, 1.165) is 28.9 Å². The second-order valence-corrected chi connectivity index (χ2v) is 7.30. The van der Waals surface area contributed by atoms with Gasteiger partial charge >= 0.3 is 0 Å². The molecular formula is C22H22ClN3O. The van der Waals surface area contributed by atoms with Gasteiger partial charge in [0, 0.05) is 10.6 Å². The van der Waals surface area contributed by atoms with Gasteiger partial charge in [-0.15, -0.1) is 0 Å². The molecule has 0 atom stereocenters. The molecule has 1 N–H and O–H groups in total. The van der Waals surface area contributed by atoms with Gasteiger partial charge in [0.15, 0.2) is 5.82 Å². The lowest BCUT2D eigenvalue weighted by molar-refractivity contribution is -0.115. The maximum Gasteiger partial charge on any atom is 0.229 e. The summed E-state index contributed by atoms with van der Waals surface area (Å²) in [5.41, 5.74) is 3.52. The van der Waals surface area contributed by atoms with Gasteiger partial charge in [0.2, 0.25) is 5.91 Å². The summed E-state index contributed by atoms with van der Waals surface area (Å²) in [6.07, 6.45) is 2.71. The minimum atomic E-state index is -0.121. The number of carbonyl (C=O) groups is 1. The lowest BCUT2D eigenvalue weighted by Gasteiger charge is -2.13. The highest BCUT2D eigenvalue weighted by atomic mass is 35.5. The molecule has 5 heteroatoms. The predicted octanol–water partition coefficient (Wildman–Crippen LogP) is 5.18. The Morgan fingerprint density at radius 3 is 2.44 bits per heavy atom. The maximum absolute atomic E-state index is 12.4. The normalized spacial score (nSPS) is 10.8. The molecule has 2 aromatic carbocycles. The molecule has 1 aromatic heterocycles. The number of aromatic nitrogens is 2. The van der Waals surface area contributed by atoms with Crippen molar-refractivity contribution in [2.45, 2.75) is 26.7 Å². The van der Waals surface area contributed by atoms with Gasteiger partial charge in [-0.2, -0.15) is 0 Å². The van der Waals surface area contributed by atoms with E-state index in [9.17, 15) is 4.79 Å². The van der Waals surface area contributed by atoms with Crippen LogP contribution in [0.5, 0.6) is 0 Å². The number of anilines is 1. The molecule has 3 aromatic rings. The van der Waals surface area contributed by atoms with Crippen LogP contribution in [0.15, 0.2) is 60.8 Å². The Hall–Kier alpha value is -2.72. The van der Waals surface area contributed by atoms with Crippen molar-refractivity contribution in [1.29, 1.82) is 0 Å². The van der Waals surface area contributed by atoms with E-state index in [1.807, 2.05) is 42.5 Å². The lowest BCUT2D eigenvalue weighted by atomic mass is 10.1. The molecule has 4 nitrogen and oxygen atoms in total. The summed E-state index contributed by atoms with van der Waals surface area (Å²) in [7, 11) is 0. The van der Waals surface area contributed by atoms with E-state index in [1.54, 1.807) is 18.3 Å². The number of halogens is 1. The quantitative estimate of drug-likeness (QED) is 0.642. The average Bonchev–Trinajstić information content (AvgIpc) is 2.65. The van der Waals surface area contributed by atoms with Gasteiger partial charge in [0.1, 0.15) is 0 Å². The zero-order valence-electron chi connectivity index (χ0n) is 15.4. The van der Waals surface area contributed by atoms with Crippen molar-refractivity contribution < 1.29 is 4.79 Å². The van der Waals surface area contributed by atoms with Crippen LogP contribution >= 0.6 is 11.6 Å². The summed E-state index contributed by atoms with van der Waals surface area (Å²) in [6, 6.07) is 17.2. The van der Waals surface area contributed by atoms with Crippen molar-refractivity contribution in [1.82, 2.24) is 9.97 Å². The summed E-state index contributed by atoms with van der Waals surface area (Å²) in [5.74, 6) is 0.809. The third-order valence-electron chi connectivity index (χ3n) is 4.05. The second kappa shape index (κ2) is 8.78. The fraction of sp³-hybridized carbons (Fsp3) is 0.227. The Morgan fingerprint density at radius 2 is 1.78 bits per heavy atom. The topological polar surface area (TPSA) is 54.9 Å². The van der Waals surface area contributed by atoms with Crippen LogP contribution in [0.25, 0.3) is 11.3 Å². The molecule has 1 heterocycles. The first kappa shape index (κ1) is 19.1. The minimum Gasteiger partial charge on any atom is -0.309 e. The van der Waals surface area contributed by atoms with Gasteiger partial charge in [0.05, 0.1) is 24.0 Å². The molecule has 0 bridgehead atoms. The zero-order chi connectivity index (χ0) is 19.2. The highest BCUT2D eigenvalue weighted by Crippen LogP contribution is 2.21. The molecule has 0 aliphatic heterocycles. The summed E-state index contributed by atoms with van der Waals surface area (Å²) in [6.45, 7) is 4.24. The second-order valence-electron chi connectivity index (χ2n) is 6.87. The fourth-order valence-electron chi connectivity index (χ4n) is 2.77. The van der Waals surface area contributed by atoms with Crippen LogP contribution in [-0.4, -0.2) is 15.9 Å². The summed E-state index contributed by atoms with van der Waals surface area (Å²) in [5, 5.41) is 3.57. The van der Waals surface area contributed by atoms with E-state index in [1.165, 1.54) is 0 Å². The van der Waals surface area contributed by atoms with Crippen molar-refractivity contribution in [3.05, 3.63) is 77.1 Å². The van der Waals surface area contributed by atoms with Gasteiger partial charge in [-0.25, -0.2) is 9.97 Å². The van der Waals surface area contributed by atoms with Crippen molar-refractivity contribution in [2.75, 3.05) is 5.32 Å². The first-order valence-electron chi connectivity index (χ1n) is 8.97. The van der Waals surface area contributed by atoms with Crippen LogP contribution in [0, 0.1) is 5.92 Å². The van der Waals surface area contributed by atoms with Crippen LogP contribution in [0.2, 0.25) is 5.02 Å². The number of hydrogen-bond donors (Lipinski definition) is 1. The van der Waals surface area contributed by atoms with Crippen LogP contribution < -0.4 is 5.32 Å². The maximum atomic E-state index is 12.4. The van der Waals surface area contributed by atoms with Gasteiger partial charge in [0.25, 0.3) is 0 Å². The molecule has 27 heavy (non-hydrogen) atoms. The number of carbonyl (C=O) groups excluding carboxylic acids is 1. The number of amides is 1. The number of hydrogen-bond acceptors (Lipinski definition) is 3. The van der Waals surface area contributed by atoms with Gasteiger partial charge < -0.3 is 5.32 Å². The molecule has 0 unspecified atom stereocenters. The Morgan fingerprint density at radius 1 is 1.07 bits per heavy atom. The smallest absolute Gasteiger partial charge is 0.229 e. The number of nitrogens with zero attached hydrogens (tertiary/aromatic N) is 2.